The second-order valence-corrected chi connectivity index (χ2v) is 6.65. The molecule has 0 atom stereocenters. The van der Waals surface area contributed by atoms with Crippen LogP contribution in [-0.4, -0.2) is 47.0 Å². The maximum absolute atomic E-state index is 13.1. The topological polar surface area (TPSA) is 61.4 Å². The summed E-state index contributed by atoms with van der Waals surface area (Å²) in [5.74, 6) is -0.503. The van der Waals surface area contributed by atoms with Crippen molar-refractivity contribution in [1.82, 2.24) is 14.9 Å². The van der Waals surface area contributed by atoms with Gasteiger partial charge in [0, 0.05) is 43.8 Å². The van der Waals surface area contributed by atoms with E-state index in [2.05, 4.69) is 20.2 Å². The first kappa shape index (κ1) is 18.8. The van der Waals surface area contributed by atoms with E-state index in [4.69, 9.17) is 0 Å². The van der Waals surface area contributed by atoms with Gasteiger partial charge in [-0.05, 0) is 54.6 Å². The van der Waals surface area contributed by atoms with Crippen molar-refractivity contribution in [3.63, 3.8) is 0 Å². The standard InChI is InChI=1S/C21H19F2N5O/c22-15-1-5-17(6-2-15)25-21-24-10-9-19(26-21)20(29)28-13-11-27(12-14-28)18-7-3-16(23)4-8-18/h1-10H,11-14H2,(H,24,25,26). The summed E-state index contributed by atoms with van der Waals surface area (Å²) < 4.78 is 26.1. The van der Waals surface area contributed by atoms with E-state index in [0.717, 1.165) is 5.69 Å². The molecule has 4 rings (SSSR count). The minimum atomic E-state index is -0.333. The Morgan fingerprint density at radius 1 is 0.862 bits per heavy atom. The van der Waals surface area contributed by atoms with E-state index in [0.29, 0.717) is 37.6 Å². The Hall–Kier alpha value is -3.55. The summed E-state index contributed by atoms with van der Waals surface area (Å²) in [6.45, 7) is 2.40. The zero-order valence-electron chi connectivity index (χ0n) is 15.6. The van der Waals surface area contributed by atoms with E-state index in [-0.39, 0.29) is 23.5 Å². The van der Waals surface area contributed by atoms with E-state index in [1.165, 1.54) is 30.5 Å². The molecule has 1 aromatic heterocycles. The number of hydrogen-bond acceptors (Lipinski definition) is 5. The number of rotatable bonds is 4. The molecule has 1 aliphatic rings. The number of anilines is 3. The predicted octanol–water partition coefficient (Wildman–Crippen LogP) is 3.46. The smallest absolute Gasteiger partial charge is 0.272 e. The Labute approximate surface area is 166 Å². The maximum atomic E-state index is 13.1. The molecule has 1 amide bonds. The van der Waals surface area contributed by atoms with Gasteiger partial charge in [-0.25, -0.2) is 18.7 Å². The Bertz CT molecular complexity index is 987. The van der Waals surface area contributed by atoms with Crippen LogP contribution in [0.5, 0.6) is 0 Å². The number of piperazine rings is 1. The molecule has 1 aliphatic heterocycles. The fraction of sp³-hybridized carbons (Fsp3) is 0.190. The van der Waals surface area contributed by atoms with Gasteiger partial charge < -0.3 is 15.1 Å². The van der Waals surface area contributed by atoms with Crippen molar-refractivity contribution in [2.24, 2.45) is 0 Å². The van der Waals surface area contributed by atoms with E-state index in [9.17, 15) is 13.6 Å². The quantitative estimate of drug-likeness (QED) is 0.733. The van der Waals surface area contributed by atoms with Gasteiger partial charge in [0.1, 0.15) is 17.3 Å². The van der Waals surface area contributed by atoms with Crippen LogP contribution in [0, 0.1) is 11.6 Å². The van der Waals surface area contributed by atoms with Gasteiger partial charge in [0.15, 0.2) is 0 Å². The van der Waals surface area contributed by atoms with Crippen LogP contribution in [-0.2, 0) is 0 Å². The maximum Gasteiger partial charge on any atom is 0.272 e. The Morgan fingerprint density at radius 3 is 2.14 bits per heavy atom. The van der Waals surface area contributed by atoms with E-state index in [1.54, 1.807) is 35.2 Å². The summed E-state index contributed by atoms with van der Waals surface area (Å²) in [6.07, 6.45) is 1.51. The zero-order valence-corrected chi connectivity index (χ0v) is 15.6. The summed E-state index contributed by atoms with van der Waals surface area (Å²) in [4.78, 5) is 25.1. The molecule has 3 aromatic rings. The lowest BCUT2D eigenvalue weighted by Gasteiger charge is -2.36. The average molecular weight is 395 g/mol. The van der Waals surface area contributed by atoms with Crippen LogP contribution in [0.25, 0.3) is 0 Å². The third kappa shape index (κ3) is 4.48. The van der Waals surface area contributed by atoms with Gasteiger partial charge >= 0.3 is 0 Å². The number of nitrogens with zero attached hydrogens (tertiary/aromatic N) is 4. The Balaban J connectivity index is 1.39. The van der Waals surface area contributed by atoms with Crippen LogP contribution in [0.15, 0.2) is 60.8 Å². The van der Waals surface area contributed by atoms with E-state index >= 15 is 0 Å². The third-order valence-electron chi connectivity index (χ3n) is 4.73. The SMILES string of the molecule is O=C(c1ccnc(Nc2ccc(F)cc2)n1)N1CCN(c2ccc(F)cc2)CC1. The van der Waals surface area contributed by atoms with Gasteiger partial charge in [0.05, 0.1) is 0 Å². The minimum absolute atomic E-state index is 0.173. The number of amides is 1. The summed E-state index contributed by atoms with van der Waals surface area (Å²) in [6, 6.07) is 13.7. The predicted molar refractivity (Wildman–Crippen MR) is 106 cm³/mol. The fourth-order valence-corrected chi connectivity index (χ4v) is 3.18. The molecule has 0 unspecified atom stereocenters. The number of nitrogens with one attached hydrogen (secondary N) is 1. The summed E-state index contributed by atoms with van der Waals surface area (Å²) in [7, 11) is 0. The molecule has 0 spiro atoms. The molecule has 1 N–H and O–H groups in total. The van der Waals surface area contributed by atoms with Crippen molar-refractivity contribution in [2.75, 3.05) is 36.4 Å². The molecular weight excluding hydrogens is 376 g/mol. The summed E-state index contributed by atoms with van der Waals surface area (Å²) >= 11 is 0. The number of halogens is 2. The fourth-order valence-electron chi connectivity index (χ4n) is 3.18. The van der Waals surface area contributed by atoms with Gasteiger partial charge in [-0.15, -0.1) is 0 Å². The number of hydrogen-bond donors (Lipinski definition) is 1. The van der Waals surface area contributed by atoms with Crippen molar-refractivity contribution in [1.29, 1.82) is 0 Å². The number of aromatic nitrogens is 2. The second kappa shape index (κ2) is 8.22. The molecule has 6 nitrogen and oxygen atoms in total. The highest BCUT2D eigenvalue weighted by Crippen LogP contribution is 2.18. The third-order valence-corrected chi connectivity index (χ3v) is 4.73. The normalized spacial score (nSPS) is 14.0. The van der Waals surface area contributed by atoms with Gasteiger partial charge in [0.2, 0.25) is 5.95 Å². The van der Waals surface area contributed by atoms with Gasteiger partial charge in [-0.2, -0.15) is 0 Å². The van der Waals surface area contributed by atoms with Crippen molar-refractivity contribution < 1.29 is 13.6 Å². The highest BCUT2D eigenvalue weighted by molar-refractivity contribution is 5.92. The monoisotopic (exact) mass is 395 g/mol. The van der Waals surface area contributed by atoms with Gasteiger partial charge in [-0.3, -0.25) is 4.79 Å². The highest BCUT2D eigenvalue weighted by atomic mass is 19.1. The number of carbonyl (C=O) groups excluding carboxylic acids is 1. The molecule has 0 bridgehead atoms. The second-order valence-electron chi connectivity index (χ2n) is 6.65. The average Bonchev–Trinajstić information content (AvgIpc) is 2.76. The number of carbonyl (C=O) groups is 1. The molecule has 1 saturated heterocycles. The molecule has 1 fully saturated rings. The molecule has 0 aliphatic carbocycles. The van der Waals surface area contributed by atoms with Gasteiger partial charge in [-0.1, -0.05) is 0 Å². The van der Waals surface area contributed by atoms with E-state index < -0.39 is 0 Å². The van der Waals surface area contributed by atoms with Crippen molar-refractivity contribution in [3.8, 4) is 0 Å². The zero-order chi connectivity index (χ0) is 20.2. The highest BCUT2D eigenvalue weighted by Gasteiger charge is 2.23. The first-order valence-electron chi connectivity index (χ1n) is 9.24. The molecule has 0 radical (unpaired) electrons. The summed E-state index contributed by atoms with van der Waals surface area (Å²) in [5.41, 5.74) is 1.86. The first-order chi connectivity index (χ1) is 14.1. The molecule has 2 aromatic carbocycles. The van der Waals surface area contributed by atoms with Crippen LogP contribution in [0.4, 0.5) is 26.1 Å². The van der Waals surface area contributed by atoms with Crippen LogP contribution in [0.1, 0.15) is 10.5 Å². The molecule has 29 heavy (non-hydrogen) atoms. The Morgan fingerprint density at radius 2 is 1.48 bits per heavy atom. The molecule has 148 valence electrons. The molecular formula is C21H19F2N5O. The lowest BCUT2D eigenvalue weighted by molar-refractivity contribution is 0.0741. The van der Waals surface area contributed by atoms with Crippen molar-refractivity contribution >= 4 is 23.2 Å². The molecule has 8 heteroatoms. The van der Waals surface area contributed by atoms with Crippen molar-refractivity contribution in [3.05, 3.63) is 78.1 Å². The van der Waals surface area contributed by atoms with Crippen LogP contribution >= 0.6 is 0 Å². The molecule has 2 heterocycles. The van der Waals surface area contributed by atoms with Crippen molar-refractivity contribution in [2.45, 2.75) is 0 Å². The van der Waals surface area contributed by atoms with Gasteiger partial charge in [0.25, 0.3) is 5.91 Å². The molecule has 0 saturated carbocycles. The largest absolute Gasteiger partial charge is 0.368 e. The van der Waals surface area contributed by atoms with Crippen LogP contribution in [0.3, 0.4) is 0 Å². The van der Waals surface area contributed by atoms with Crippen LogP contribution < -0.4 is 10.2 Å². The summed E-state index contributed by atoms with van der Waals surface area (Å²) in [5, 5.41) is 2.96. The number of benzene rings is 2. The lowest BCUT2D eigenvalue weighted by Crippen LogP contribution is -2.49. The lowest BCUT2D eigenvalue weighted by atomic mass is 10.2. The van der Waals surface area contributed by atoms with Crippen LogP contribution in [0.2, 0.25) is 0 Å². The first-order valence-corrected chi connectivity index (χ1v) is 9.24. The Kier molecular flexibility index (Phi) is 5.33. The minimum Gasteiger partial charge on any atom is -0.368 e. The van der Waals surface area contributed by atoms with E-state index in [1.807, 2.05) is 0 Å².